The molecule has 20 heavy (non-hydrogen) atoms. The number of nitrogens with one attached hydrogen (secondary N) is 1. The molecule has 4 N–H and O–H groups in total. The normalized spacial score (nSPS) is 11.4. The van der Waals surface area contributed by atoms with Crippen molar-refractivity contribution in [2.24, 2.45) is 5.73 Å². The minimum atomic E-state index is -1.10. The van der Waals surface area contributed by atoms with Gasteiger partial charge in [-0.2, -0.15) is 5.26 Å². The Bertz CT molecular complexity index is 559. The Labute approximate surface area is 124 Å². The summed E-state index contributed by atoms with van der Waals surface area (Å²) in [5, 5.41) is 20.2. The summed E-state index contributed by atoms with van der Waals surface area (Å²) in [6.07, 6.45) is 0. The predicted octanol–water partition coefficient (Wildman–Crippen LogP) is 1.30. The number of halogens is 1. The van der Waals surface area contributed by atoms with Gasteiger partial charge in [0, 0.05) is 11.4 Å². The van der Waals surface area contributed by atoms with Crippen LogP contribution in [-0.2, 0) is 9.59 Å². The molecule has 0 aromatic heterocycles. The molecule has 1 atom stereocenters. The van der Waals surface area contributed by atoms with Crippen LogP contribution in [0.25, 0.3) is 0 Å². The predicted molar refractivity (Wildman–Crippen MR) is 77.7 cm³/mol. The molecule has 0 saturated carbocycles. The molecule has 8 heteroatoms. The smallest absolute Gasteiger partial charge is 0.321 e. The number of nitrogens with zero attached hydrogens (tertiary/aromatic N) is 1. The molecule has 0 saturated heterocycles. The van der Waals surface area contributed by atoms with E-state index in [9.17, 15) is 9.59 Å². The van der Waals surface area contributed by atoms with Crippen LogP contribution in [0.15, 0.2) is 18.2 Å². The van der Waals surface area contributed by atoms with E-state index in [2.05, 4.69) is 5.32 Å². The van der Waals surface area contributed by atoms with E-state index in [0.717, 1.165) is 11.8 Å². The molecule has 1 amide bonds. The highest BCUT2D eigenvalue weighted by Crippen LogP contribution is 2.20. The van der Waals surface area contributed by atoms with E-state index in [-0.39, 0.29) is 22.4 Å². The molecule has 0 spiro atoms. The highest BCUT2D eigenvalue weighted by Gasteiger charge is 2.12. The Morgan fingerprint density at radius 2 is 2.25 bits per heavy atom. The Morgan fingerprint density at radius 1 is 1.55 bits per heavy atom. The molecular formula is C12H12ClN3O3S. The van der Waals surface area contributed by atoms with Gasteiger partial charge in [0.2, 0.25) is 5.91 Å². The Morgan fingerprint density at radius 3 is 2.80 bits per heavy atom. The topological polar surface area (TPSA) is 116 Å². The number of benzene rings is 1. The van der Waals surface area contributed by atoms with Crippen LogP contribution in [0.5, 0.6) is 0 Å². The van der Waals surface area contributed by atoms with Crippen molar-refractivity contribution in [1.29, 1.82) is 5.26 Å². The van der Waals surface area contributed by atoms with Crippen molar-refractivity contribution in [3.63, 3.8) is 0 Å². The molecule has 1 aromatic carbocycles. The van der Waals surface area contributed by atoms with Gasteiger partial charge in [-0.15, -0.1) is 11.8 Å². The second kappa shape index (κ2) is 7.75. The van der Waals surface area contributed by atoms with Crippen molar-refractivity contribution < 1.29 is 14.7 Å². The molecule has 0 fully saturated rings. The van der Waals surface area contributed by atoms with Gasteiger partial charge in [0.1, 0.15) is 12.1 Å². The third-order valence-corrected chi connectivity index (χ3v) is 3.59. The number of hydrogen-bond donors (Lipinski definition) is 3. The number of carboxylic acid groups (broad SMARTS) is 1. The van der Waals surface area contributed by atoms with Crippen LogP contribution in [0.1, 0.15) is 5.56 Å². The molecule has 106 valence electrons. The number of rotatable bonds is 6. The molecule has 1 aromatic rings. The van der Waals surface area contributed by atoms with Gasteiger partial charge in [-0.05, 0) is 18.2 Å². The van der Waals surface area contributed by atoms with Crippen LogP contribution < -0.4 is 11.1 Å². The second-order valence-corrected chi connectivity index (χ2v) is 5.25. The zero-order valence-electron chi connectivity index (χ0n) is 10.3. The lowest BCUT2D eigenvalue weighted by atomic mass is 10.2. The molecular weight excluding hydrogens is 302 g/mol. The summed E-state index contributed by atoms with van der Waals surface area (Å²) < 4.78 is 0. The van der Waals surface area contributed by atoms with Gasteiger partial charge in [0.25, 0.3) is 0 Å². The van der Waals surface area contributed by atoms with Crippen molar-refractivity contribution in [1.82, 2.24) is 0 Å². The maximum Gasteiger partial charge on any atom is 0.321 e. The molecule has 0 heterocycles. The number of nitriles is 1. The molecule has 0 aliphatic carbocycles. The van der Waals surface area contributed by atoms with E-state index >= 15 is 0 Å². The van der Waals surface area contributed by atoms with E-state index in [4.69, 9.17) is 27.7 Å². The number of carbonyl (C=O) groups is 2. The van der Waals surface area contributed by atoms with Gasteiger partial charge in [0.15, 0.2) is 0 Å². The van der Waals surface area contributed by atoms with Gasteiger partial charge in [0.05, 0.1) is 16.3 Å². The van der Waals surface area contributed by atoms with Gasteiger partial charge in [-0.25, -0.2) is 0 Å². The lowest BCUT2D eigenvalue weighted by Crippen LogP contribution is -2.33. The zero-order chi connectivity index (χ0) is 15.1. The fourth-order valence-corrected chi connectivity index (χ4v) is 2.23. The average Bonchev–Trinajstić information content (AvgIpc) is 2.38. The van der Waals surface area contributed by atoms with Crippen LogP contribution in [-0.4, -0.2) is 34.5 Å². The largest absolute Gasteiger partial charge is 0.480 e. The number of amides is 1. The van der Waals surface area contributed by atoms with Crippen molar-refractivity contribution in [3.05, 3.63) is 28.8 Å². The maximum absolute atomic E-state index is 11.6. The van der Waals surface area contributed by atoms with Gasteiger partial charge < -0.3 is 16.2 Å². The average molecular weight is 314 g/mol. The van der Waals surface area contributed by atoms with Crippen molar-refractivity contribution in [3.8, 4) is 6.07 Å². The molecule has 1 rings (SSSR count). The number of carbonyl (C=O) groups excluding carboxylic acids is 1. The van der Waals surface area contributed by atoms with E-state index < -0.39 is 12.0 Å². The summed E-state index contributed by atoms with van der Waals surface area (Å²) >= 11 is 6.96. The quantitative estimate of drug-likeness (QED) is 0.728. The minimum Gasteiger partial charge on any atom is -0.480 e. The van der Waals surface area contributed by atoms with Crippen LogP contribution in [0.4, 0.5) is 5.69 Å². The second-order valence-electron chi connectivity index (χ2n) is 3.81. The summed E-state index contributed by atoms with van der Waals surface area (Å²) in [7, 11) is 0. The summed E-state index contributed by atoms with van der Waals surface area (Å²) in [4.78, 5) is 22.1. The molecule has 0 radical (unpaired) electrons. The van der Waals surface area contributed by atoms with Crippen molar-refractivity contribution in [2.75, 3.05) is 16.8 Å². The minimum absolute atomic E-state index is 0.0819. The van der Waals surface area contributed by atoms with Crippen molar-refractivity contribution >= 4 is 40.9 Å². The lowest BCUT2D eigenvalue weighted by molar-refractivity contribution is -0.137. The van der Waals surface area contributed by atoms with Gasteiger partial charge >= 0.3 is 5.97 Å². The number of thioether (sulfide) groups is 1. The highest BCUT2D eigenvalue weighted by molar-refractivity contribution is 8.00. The van der Waals surface area contributed by atoms with Crippen LogP contribution in [0.3, 0.4) is 0 Å². The van der Waals surface area contributed by atoms with E-state index in [1.165, 1.54) is 12.1 Å². The van der Waals surface area contributed by atoms with Crippen LogP contribution in [0.2, 0.25) is 5.02 Å². The van der Waals surface area contributed by atoms with E-state index in [1.54, 1.807) is 6.07 Å². The molecule has 6 nitrogen and oxygen atoms in total. The third kappa shape index (κ3) is 5.09. The van der Waals surface area contributed by atoms with Crippen molar-refractivity contribution in [2.45, 2.75) is 6.04 Å². The van der Waals surface area contributed by atoms with Gasteiger partial charge in [-0.1, -0.05) is 11.6 Å². The standard InChI is InChI=1S/C12H12ClN3O3S/c13-9-3-8(2-1-7(9)4-14)16-11(17)6-20-5-10(15)12(18)19/h1-3,10H,5-6,15H2,(H,16,17)(H,18,19)/t10-/m0/s1. The SMILES string of the molecule is N#Cc1ccc(NC(=O)CSC[C@H](N)C(=O)O)cc1Cl. The fourth-order valence-electron chi connectivity index (χ4n) is 1.23. The summed E-state index contributed by atoms with van der Waals surface area (Å²) in [5.41, 5.74) is 6.11. The Kier molecular flexibility index (Phi) is 6.31. The first-order chi connectivity index (χ1) is 9.43. The number of aliphatic carboxylic acids is 1. The first kappa shape index (κ1) is 16.3. The third-order valence-electron chi connectivity index (χ3n) is 2.22. The summed E-state index contributed by atoms with van der Waals surface area (Å²) in [6.45, 7) is 0. The summed E-state index contributed by atoms with van der Waals surface area (Å²) in [5.74, 6) is -1.17. The van der Waals surface area contributed by atoms with Crippen LogP contribution in [0, 0.1) is 11.3 Å². The molecule has 0 aliphatic rings. The highest BCUT2D eigenvalue weighted by atomic mass is 35.5. The summed E-state index contributed by atoms with van der Waals surface area (Å²) in [6, 6.07) is 5.47. The monoisotopic (exact) mass is 313 g/mol. The number of anilines is 1. The number of carboxylic acids is 1. The lowest BCUT2D eigenvalue weighted by Gasteiger charge is -2.07. The van der Waals surface area contributed by atoms with Gasteiger partial charge in [-0.3, -0.25) is 9.59 Å². The number of hydrogen-bond acceptors (Lipinski definition) is 5. The van der Waals surface area contributed by atoms with E-state index in [1.807, 2.05) is 6.07 Å². The molecule has 0 aliphatic heterocycles. The Balaban J connectivity index is 2.45. The zero-order valence-corrected chi connectivity index (χ0v) is 11.9. The first-order valence-electron chi connectivity index (χ1n) is 5.49. The molecule has 0 unspecified atom stereocenters. The fraction of sp³-hybridized carbons (Fsp3) is 0.250. The number of nitrogens with two attached hydrogens (primary N) is 1. The molecule has 0 bridgehead atoms. The Hall–Kier alpha value is -1.75. The van der Waals surface area contributed by atoms with Crippen LogP contribution >= 0.6 is 23.4 Å². The first-order valence-corrected chi connectivity index (χ1v) is 7.03. The maximum atomic E-state index is 11.6. The van der Waals surface area contributed by atoms with E-state index in [0.29, 0.717) is 11.3 Å².